The molecular weight excluding hydrogens is 456 g/mol. The molecule has 1 fully saturated rings. The molecule has 36 heavy (non-hydrogen) atoms. The number of aromatic hydroxyl groups is 1. The minimum absolute atomic E-state index is 0.0944. The fourth-order valence-corrected chi connectivity index (χ4v) is 4.90. The second-order valence-corrected chi connectivity index (χ2v) is 9.09. The van der Waals surface area contributed by atoms with Crippen molar-refractivity contribution in [1.82, 2.24) is 14.5 Å². The molecule has 0 aliphatic carbocycles. The first-order valence-electron chi connectivity index (χ1n) is 12.0. The van der Waals surface area contributed by atoms with Crippen LogP contribution in [0, 0.1) is 6.92 Å². The highest BCUT2D eigenvalue weighted by Gasteiger charge is 2.23. The molecule has 9 nitrogen and oxygen atoms in total. The maximum absolute atomic E-state index is 12.4. The number of phenols is 1. The Balaban J connectivity index is 1.50. The van der Waals surface area contributed by atoms with Gasteiger partial charge in [-0.1, -0.05) is 18.2 Å². The van der Waals surface area contributed by atoms with E-state index >= 15 is 0 Å². The van der Waals surface area contributed by atoms with Crippen LogP contribution in [-0.4, -0.2) is 69.9 Å². The van der Waals surface area contributed by atoms with E-state index in [1.54, 1.807) is 22.8 Å². The lowest BCUT2D eigenvalue weighted by atomic mass is 10.1. The number of primary amides is 1. The number of aryl methyl sites for hydroxylation is 1. The standard InChI is InChI=1S/C27H30N6O3/c1-17-2-7-20(35)16-23(17)33-22-9-8-21(30-25(22)24(26(33)28)27(29)36)18-3-5-19(6-4-18)32-12-10-31(11-13-32)14-15-34/h2-9,16,34-35H,10-15,28H2,1H3,(H2,29,36). The van der Waals surface area contributed by atoms with E-state index in [-0.39, 0.29) is 23.7 Å². The molecule has 0 radical (unpaired) electrons. The van der Waals surface area contributed by atoms with Crippen molar-refractivity contribution in [2.45, 2.75) is 6.92 Å². The molecule has 0 spiro atoms. The van der Waals surface area contributed by atoms with Crippen molar-refractivity contribution in [3.63, 3.8) is 0 Å². The summed E-state index contributed by atoms with van der Waals surface area (Å²) in [6.45, 7) is 6.47. The average molecular weight is 487 g/mol. The minimum atomic E-state index is -0.658. The van der Waals surface area contributed by atoms with Crippen LogP contribution in [0.4, 0.5) is 11.5 Å². The summed E-state index contributed by atoms with van der Waals surface area (Å²) >= 11 is 0. The lowest BCUT2D eigenvalue weighted by molar-refractivity contribution is 0.100. The van der Waals surface area contributed by atoms with Crippen molar-refractivity contribution >= 4 is 28.4 Å². The number of hydrogen-bond acceptors (Lipinski definition) is 7. The van der Waals surface area contributed by atoms with E-state index in [1.807, 2.05) is 31.2 Å². The summed E-state index contributed by atoms with van der Waals surface area (Å²) in [4.78, 5) is 21.8. The summed E-state index contributed by atoms with van der Waals surface area (Å²) in [6.07, 6.45) is 0. The second-order valence-electron chi connectivity index (χ2n) is 9.09. The van der Waals surface area contributed by atoms with Gasteiger partial charge in [0.25, 0.3) is 5.91 Å². The topological polar surface area (TPSA) is 134 Å². The molecule has 2 aromatic carbocycles. The maximum atomic E-state index is 12.4. The number of aliphatic hydroxyl groups excluding tert-OH is 1. The van der Waals surface area contributed by atoms with E-state index in [0.29, 0.717) is 29.0 Å². The smallest absolute Gasteiger partial charge is 0.254 e. The molecule has 5 rings (SSSR count). The maximum Gasteiger partial charge on any atom is 0.254 e. The molecule has 1 aliphatic heterocycles. The molecular formula is C27H30N6O3. The van der Waals surface area contributed by atoms with Crippen molar-refractivity contribution < 1.29 is 15.0 Å². The highest BCUT2D eigenvalue weighted by atomic mass is 16.3. The molecule has 0 bridgehead atoms. The summed E-state index contributed by atoms with van der Waals surface area (Å²) in [5, 5.41) is 19.2. The number of hydrogen-bond donors (Lipinski definition) is 4. The van der Waals surface area contributed by atoms with Gasteiger partial charge in [-0.2, -0.15) is 0 Å². The van der Waals surface area contributed by atoms with Crippen LogP contribution in [0.2, 0.25) is 0 Å². The molecule has 2 aromatic heterocycles. The second kappa shape index (κ2) is 9.52. The Labute approximate surface area is 209 Å². The van der Waals surface area contributed by atoms with E-state index in [0.717, 1.165) is 43.0 Å². The quantitative estimate of drug-likeness (QED) is 0.329. The zero-order valence-electron chi connectivity index (χ0n) is 20.2. The van der Waals surface area contributed by atoms with Crippen molar-refractivity contribution in [3.8, 4) is 22.7 Å². The van der Waals surface area contributed by atoms with E-state index in [1.165, 1.54) is 0 Å². The van der Waals surface area contributed by atoms with Gasteiger partial charge in [0.15, 0.2) is 0 Å². The minimum Gasteiger partial charge on any atom is -0.508 e. The number of rotatable bonds is 6. The molecule has 1 saturated heterocycles. The number of fused-ring (bicyclic) bond motifs is 1. The fraction of sp³-hybridized carbons (Fsp3) is 0.259. The lowest BCUT2D eigenvalue weighted by Gasteiger charge is -2.35. The van der Waals surface area contributed by atoms with Gasteiger partial charge in [-0.15, -0.1) is 0 Å². The van der Waals surface area contributed by atoms with Crippen LogP contribution in [0.25, 0.3) is 28.0 Å². The number of aliphatic hydroxyl groups is 1. The molecule has 4 aromatic rings. The number of pyridine rings is 1. The number of anilines is 2. The number of carbonyl (C=O) groups is 1. The van der Waals surface area contributed by atoms with Gasteiger partial charge in [0.1, 0.15) is 22.6 Å². The van der Waals surface area contributed by atoms with Gasteiger partial charge in [0.05, 0.1) is 23.5 Å². The number of phenolic OH excluding ortho intramolecular Hbond substituents is 1. The summed E-state index contributed by atoms with van der Waals surface area (Å²) in [5.41, 5.74) is 17.6. The van der Waals surface area contributed by atoms with Gasteiger partial charge in [-0.25, -0.2) is 4.98 Å². The van der Waals surface area contributed by atoms with Crippen molar-refractivity contribution in [3.05, 3.63) is 65.7 Å². The summed E-state index contributed by atoms with van der Waals surface area (Å²) < 4.78 is 1.71. The summed E-state index contributed by atoms with van der Waals surface area (Å²) in [6, 6.07) is 17.0. The summed E-state index contributed by atoms with van der Waals surface area (Å²) in [5.74, 6) is -0.377. The third kappa shape index (κ3) is 4.23. The first-order valence-corrected chi connectivity index (χ1v) is 12.0. The first-order chi connectivity index (χ1) is 17.4. The Morgan fingerprint density at radius 1 is 1.03 bits per heavy atom. The average Bonchev–Trinajstić information content (AvgIpc) is 3.17. The number of nitrogens with two attached hydrogens (primary N) is 2. The molecule has 0 saturated carbocycles. The van der Waals surface area contributed by atoms with Gasteiger partial charge < -0.3 is 26.6 Å². The first kappa shape index (κ1) is 23.7. The van der Waals surface area contributed by atoms with Gasteiger partial charge in [-0.3, -0.25) is 14.3 Å². The van der Waals surface area contributed by atoms with Crippen LogP contribution in [0.5, 0.6) is 5.75 Å². The number of benzene rings is 2. The van der Waals surface area contributed by atoms with Gasteiger partial charge >= 0.3 is 0 Å². The van der Waals surface area contributed by atoms with Crippen molar-refractivity contribution in [1.29, 1.82) is 0 Å². The monoisotopic (exact) mass is 486 g/mol. The molecule has 186 valence electrons. The molecule has 0 atom stereocenters. The SMILES string of the molecule is Cc1ccc(O)cc1-n1c(N)c(C(N)=O)c2nc(-c3ccc(N4CCN(CCO)CC4)cc3)ccc21. The third-order valence-corrected chi connectivity index (χ3v) is 6.85. The van der Waals surface area contributed by atoms with Crippen LogP contribution >= 0.6 is 0 Å². The zero-order valence-corrected chi connectivity index (χ0v) is 20.2. The van der Waals surface area contributed by atoms with Crippen molar-refractivity contribution in [2.24, 2.45) is 5.73 Å². The van der Waals surface area contributed by atoms with Crippen LogP contribution in [0.1, 0.15) is 15.9 Å². The normalized spacial score (nSPS) is 14.4. The Morgan fingerprint density at radius 2 is 1.75 bits per heavy atom. The molecule has 3 heterocycles. The summed E-state index contributed by atoms with van der Waals surface area (Å²) in [7, 11) is 0. The molecule has 1 aliphatic rings. The number of carbonyl (C=O) groups excluding carboxylic acids is 1. The lowest BCUT2D eigenvalue weighted by Crippen LogP contribution is -2.47. The van der Waals surface area contributed by atoms with Gasteiger partial charge in [0, 0.05) is 50.0 Å². The Bertz CT molecular complexity index is 1420. The van der Waals surface area contributed by atoms with Crippen molar-refractivity contribution in [2.75, 3.05) is 50.0 Å². The van der Waals surface area contributed by atoms with Crippen LogP contribution < -0.4 is 16.4 Å². The van der Waals surface area contributed by atoms with Gasteiger partial charge in [-0.05, 0) is 42.8 Å². The van der Waals surface area contributed by atoms with E-state index < -0.39 is 5.91 Å². The molecule has 1 amide bonds. The number of nitrogen functional groups attached to an aromatic ring is 1. The Kier molecular flexibility index (Phi) is 6.26. The largest absolute Gasteiger partial charge is 0.508 e. The predicted molar refractivity (Wildman–Crippen MR) is 142 cm³/mol. The van der Waals surface area contributed by atoms with Crippen LogP contribution in [-0.2, 0) is 0 Å². The Morgan fingerprint density at radius 3 is 2.42 bits per heavy atom. The number of nitrogens with zero attached hydrogens (tertiary/aromatic N) is 4. The Hall–Kier alpha value is -4.08. The number of amides is 1. The number of piperazine rings is 1. The number of aromatic nitrogens is 2. The third-order valence-electron chi connectivity index (χ3n) is 6.85. The zero-order chi connectivity index (χ0) is 25.4. The van der Waals surface area contributed by atoms with E-state index in [9.17, 15) is 9.90 Å². The predicted octanol–water partition coefficient (Wildman–Crippen LogP) is 2.50. The van der Waals surface area contributed by atoms with E-state index in [4.69, 9.17) is 21.6 Å². The van der Waals surface area contributed by atoms with Crippen LogP contribution in [0.3, 0.4) is 0 Å². The molecule has 0 unspecified atom stereocenters. The highest BCUT2D eigenvalue weighted by molar-refractivity contribution is 6.10. The van der Waals surface area contributed by atoms with Crippen LogP contribution in [0.15, 0.2) is 54.6 Å². The number of β-amino-alcohol motifs (C(OH)–C–C–N with tert-alkyl or cyclic N) is 1. The van der Waals surface area contributed by atoms with Gasteiger partial charge in [0.2, 0.25) is 0 Å². The molecule has 6 N–H and O–H groups in total. The molecule has 9 heteroatoms. The van der Waals surface area contributed by atoms with E-state index in [2.05, 4.69) is 21.9 Å². The fourth-order valence-electron chi connectivity index (χ4n) is 4.90. The highest BCUT2D eigenvalue weighted by Crippen LogP contribution is 2.34.